The monoisotopic (exact) mass is 235 g/mol. The molecule has 0 aromatic heterocycles. The number of carbonyl (C=O) groups excluding carboxylic acids is 1. The van der Waals surface area contributed by atoms with Crippen LogP contribution in [0.3, 0.4) is 0 Å². The van der Waals surface area contributed by atoms with E-state index >= 15 is 0 Å². The van der Waals surface area contributed by atoms with Gasteiger partial charge in [-0.15, -0.1) is 0 Å². The molecule has 0 fully saturated rings. The van der Waals surface area contributed by atoms with E-state index in [9.17, 15) is 4.79 Å². The van der Waals surface area contributed by atoms with E-state index in [2.05, 4.69) is 42.0 Å². The van der Waals surface area contributed by atoms with E-state index in [4.69, 9.17) is 0 Å². The van der Waals surface area contributed by atoms with Crippen molar-refractivity contribution in [3.05, 3.63) is 0 Å². The zero-order chi connectivity index (χ0) is 9.61. The van der Waals surface area contributed by atoms with Crippen LogP contribution in [0.2, 0.25) is 0 Å². The average molecular weight is 236 g/mol. The van der Waals surface area contributed by atoms with Crippen molar-refractivity contribution >= 4 is 21.8 Å². The Morgan fingerprint density at radius 2 is 1.92 bits per heavy atom. The predicted molar refractivity (Wildman–Crippen MR) is 55.5 cm³/mol. The number of amides is 1. The third-order valence-electron chi connectivity index (χ3n) is 2.32. The molecule has 0 aromatic carbocycles. The van der Waals surface area contributed by atoms with E-state index in [0.29, 0.717) is 6.42 Å². The third kappa shape index (κ3) is 4.10. The van der Waals surface area contributed by atoms with Gasteiger partial charge in [0.25, 0.3) is 0 Å². The molecule has 0 unspecified atom stereocenters. The SMILES string of the molecule is CCC(C)(CC)NC(=O)CCBr. The van der Waals surface area contributed by atoms with Crippen LogP contribution in [-0.4, -0.2) is 16.8 Å². The summed E-state index contributed by atoms with van der Waals surface area (Å²) in [6.45, 7) is 6.27. The Labute approximate surface area is 83.2 Å². The second kappa shape index (κ2) is 5.57. The normalized spacial score (nSPS) is 11.3. The minimum atomic E-state index is -0.0146. The van der Waals surface area contributed by atoms with E-state index in [1.807, 2.05) is 0 Å². The van der Waals surface area contributed by atoms with Crippen LogP contribution in [0.15, 0.2) is 0 Å². The van der Waals surface area contributed by atoms with Gasteiger partial charge in [0.2, 0.25) is 5.91 Å². The first kappa shape index (κ1) is 11.9. The highest BCUT2D eigenvalue weighted by Crippen LogP contribution is 2.13. The molecule has 0 atom stereocenters. The van der Waals surface area contributed by atoms with Crippen molar-refractivity contribution in [1.29, 1.82) is 0 Å². The highest BCUT2D eigenvalue weighted by Gasteiger charge is 2.20. The molecule has 0 rings (SSSR count). The topological polar surface area (TPSA) is 29.1 Å². The Kier molecular flexibility index (Phi) is 5.55. The Balaban J connectivity index is 3.93. The zero-order valence-corrected chi connectivity index (χ0v) is 9.70. The lowest BCUT2D eigenvalue weighted by molar-refractivity contribution is -0.122. The van der Waals surface area contributed by atoms with E-state index < -0.39 is 0 Å². The molecule has 0 aromatic rings. The lowest BCUT2D eigenvalue weighted by Crippen LogP contribution is -2.44. The number of carbonyl (C=O) groups is 1. The van der Waals surface area contributed by atoms with Gasteiger partial charge in [-0.1, -0.05) is 29.8 Å². The van der Waals surface area contributed by atoms with Crippen molar-refractivity contribution in [2.45, 2.75) is 45.6 Å². The number of rotatable bonds is 5. The van der Waals surface area contributed by atoms with E-state index in [1.165, 1.54) is 0 Å². The van der Waals surface area contributed by atoms with Crippen molar-refractivity contribution in [2.75, 3.05) is 5.33 Å². The molecule has 0 saturated carbocycles. The molecule has 12 heavy (non-hydrogen) atoms. The Morgan fingerprint density at radius 3 is 2.25 bits per heavy atom. The smallest absolute Gasteiger partial charge is 0.221 e. The second-order valence-corrected chi connectivity index (χ2v) is 4.05. The minimum Gasteiger partial charge on any atom is -0.351 e. The molecule has 1 amide bonds. The molecule has 0 aliphatic carbocycles. The van der Waals surface area contributed by atoms with Gasteiger partial charge in [-0.25, -0.2) is 0 Å². The molecular formula is C9H18BrNO. The van der Waals surface area contributed by atoms with Gasteiger partial charge in [-0.2, -0.15) is 0 Å². The second-order valence-electron chi connectivity index (χ2n) is 3.25. The summed E-state index contributed by atoms with van der Waals surface area (Å²) in [4.78, 5) is 11.2. The van der Waals surface area contributed by atoms with E-state index in [0.717, 1.165) is 18.2 Å². The maximum atomic E-state index is 11.2. The maximum absolute atomic E-state index is 11.2. The van der Waals surface area contributed by atoms with Crippen LogP contribution in [0.4, 0.5) is 0 Å². The number of hydrogen-bond donors (Lipinski definition) is 1. The quantitative estimate of drug-likeness (QED) is 0.730. The molecule has 72 valence electrons. The van der Waals surface area contributed by atoms with Crippen molar-refractivity contribution in [1.82, 2.24) is 5.32 Å². The summed E-state index contributed by atoms with van der Waals surface area (Å²) < 4.78 is 0. The molecule has 1 N–H and O–H groups in total. The number of alkyl halides is 1. The number of halogens is 1. The van der Waals surface area contributed by atoms with Crippen LogP contribution in [0, 0.1) is 0 Å². The van der Waals surface area contributed by atoms with E-state index in [1.54, 1.807) is 0 Å². The van der Waals surface area contributed by atoms with Crippen molar-refractivity contribution in [2.24, 2.45) is 0 Å². The van der Waals surface area contributed by atoms with Gasteiger partial charge >= 0.3 is 0 Å². The third-order valence-corrected chi connectivity index (χ3v) is 2.72. The van der Waals surface area contributed by atoms with Crippen LogP contribution >= 0.6 is 15.9 Å². The minimum absolute atomic E-state index is 0.0146. The van der Waals surface area contributed by atoms with Crippen molar-refractivity contribution < 1.29 is 4.79 Å². The van der Waals surface area contributed by atoms with Gasteiger partial charge < -0.3 is 5.32 Å². The Morgan fingerprint density at radius 1 is 1.42 bits per heavy atom. The van der Waals surface area contributed by atoms with Crippen molar-refractivity contribution in [3.63, 3.8) is 0 Å². The molecule has 0 aliphatic heterocycles. The first-order chi connectivity index (χ1) is 5.58. The van der Waals surface area contributed by atoms with Gasteiger partial charge in [0.1, 0.15) is 0 Å². The molecule has 3 heteroatoms. The van der Waals surface area contributed by atoms with Crippen LogP contribution in [0.5, 0.6) is 0 Å². The molecule has 0 bridgehead atoms. The van der Waals surface area contributed by atoms with Crippen LogP contribution in [0.25, 0.3) is 0 Å². The first-order valence-electron chi connectivity index (χ1n) is 4.45. The fourth-order valence-electron chi connectivity index (χ4n) is 0.912. The fraction of sp³-hybridized carbons (Fsp3) is 0.889. The van der Waals surface area contributed by atoms with Gasteiger partial charge in [-0.3, -0.25) is 4.79 Å². The van der Waals surface area contributed by atoms with Gasteiger partial charge in [0, 0.05) is 17.3 Å². The van der Waals surface area contributed by atoms with Crippen LogP contribution in [0.1, 0.15) is 40.0 Å². The first-order valence-corrected chi connectivity index (χ1v) is 5.57. The summed E-state index contributed by atoms with van der Waals surface area (Å²) in [6.07, 6.45) is 2.53. The standard InChI is InChI=1S/C9H18BrNO/c1-4-9(3,5-2)11-8(12)6-7-10/h4-7H2,1-3H3,(H,11,12). The maximum Gasteiger partial charge on any atom is 0.221 e. The summed E-state index contributed by atoms with van der Waals surface area (Å²) in [5, 5.41) is 3.76. The van der Waals surface area contributed by atoms with E-state index in [-0.39, 0.29) is 11.4 Å². The summed E-state index contributed by atoms with van der Waals surface area (Å²) in [6, 6.07) is 0. The molecule has 0 heterocycles. The van der Waals surface area contributed by atoms with Crippen LogP contribution in [-0.2, 0) is 4.79 Å². The predicted octanol–water partition coefficient (Wildman–Crippen LogP) is 2.47. The lowest BCUT2D eigenvalue weighted by atomic mass is 9.95. The highest BCUT2D eigenvalue weighted by atomic mass is 79.9. The Hall–Kier alpha value is -0.0500. The zero-order valence-electron chi connectivity index (χ0n) is 8.11. The molecule has 0 spiro atoms. The lowest BCUT2D eigenvalue weighted by Gasteiger charge is -2.28. The van der Waals surface area contributed by atoms with Crippen molar-refractivity contribution in [3.8, 4) is 0 Å². The largest absolute Gasteiger partial charge is 0.351 e. The molecular weight excluding hydrogens is 218 g/mol. The number of hydrogen-bond acceptors (Lipinski definition) is 1. The summed E-state index contributed by atoms with van der Waals surface area (Å²) >= 11 is 3.24. The summed E-state index contributed by atoms with van der Waals surface area (Å²) in [5.41, 5.74) is -0.0146. The molecule has 2 nitrogen and oxygen atoms in total. The Bertz CT molecular complexity index is 143. The van der Waals surface area contributed by atoms with Gasteiger partial charge in [0.15, 0.2) is 0 Å². The fourth-order valence-corrected chi connectivity index (χ4v) is 1.27. The molecule has 0 saturated heterocycles. The summed E-state index contributed by atoms with van der Waals surface area (Å²) in [5.74, 6) is 0.137. The summed E-state index contributed by atoms with van der Waals surface area (Å²) in [7, 11) is 0. The van der Waals surface area contributed by atoms with Crippen LogP contribution < -0.4 is 5.32 Å². The molecule has 0 radical (unpaired) electrons. The van der Waals surface area contributed by atoms with Gasteiger partial charge in [0.05, 0.1) is 0 Å². The highest BCUT2D eigenvalue weighted by molar-refractivity contribution is 9.09. The molecule has 0 aliphatic rings. The van der Waals surface area contributed by atoms with Gasteiger partial charge in [-0.05, 0) is 19.8 Å². The average Bonchev–Trinajstić information content (AvgIpc) is 2.05. The number of nitrogens with one attached hydrogen (secondary N) is 1.